The van der Waals surface area contributed by atoms with Crippen LogP contribution in [0.25, 0.3) is 0 Å². The average molecular weight is 156 g/mol. The summed E-state index contributed by atoms with van der Waals surface area (Å²) in [6, 6.07) is 0. The first kappa shape index (κ1) is 9.05. The summed E-state index contributed by atoms with van der Waals surface area (Å²) < 4.78 is 5.22. The lowest BCUT2D eigenvalue weighted by molar-refractivity contribution is 0.0519. The molecule has 0 saturated heterocycles. The summed E-state index contributed by atoms with van der Waals surface area (Å²) in [5, 5.41) is 0. The molecule has 0 amide bonds. The normalized spacial score (nSPS) is 39.0. The van der Waals surface area contributed by atoms with Gasteiger partial charge in [-0.25, -0.2) is 0 Å². The van der Waals surface area contributed by atoms with Crippen LogP contribution < -0.4 is 0 Å². The Kier molecular flexibility index (Phi) is 2.94. The molecule has 0 heterocycles. The predicted octanol–water partition coefficient (Wildman–Crippen LogP) is 2.85. The van der Waals surface area contributed by atoms with Crippen LogP contribution in [-0.4, -0.2) is 13.7 Å². The van der Waals surface area contributed by atoms with Gasteiger partial charge in [-0.05, 0) is 24.2 Å². The molecule has 1 aliphatic carbocycles. The van der Waals surface area contributed by atoms with Crippen LogP contribution >= 0.6 is 0 Å². The maximum atomic E-state index is 5.22. The van der Waals surface area contributed by atoms with Crippen molar-refractivity contribution in [3.63, 3.8) is 0 Å². The molecule has 1 heteroatoms. The fourth-order valence-corrected chi connectivity index (χ4v) is 1.95. The molecular weight excluding hydrogens is 136 g/mol. The Morgan fingerprint density at radius 2 is 1.91 bits per heavy atom. The van der Waals surface area contributed by atoms with Gasteiger partial charge in [-0.1, -0.05) is 26.7 Å². The summed E-state index contributed by atoms with van der Waals surface area (Å²) in [6.07, 6.45) is 5.48. The van der Waals surface area contributed by atoms with E-state index in [-0.39, 0.29) is 0 Å². The first-order valence-corrected chi connectivity index (χ1v) is 4.65. The maximum Gasteiger partial charge on any atom is 0.0515 e. The highest BCUT2D eigenvalue weighted by atomic mass is 16.5. The molecule has 1 aliphatic rings. The van der Waals surface area contributed by atoms with E-state index in [2.05, 4.69) is 13.8 Å². The molecule has 1 saturated carbocycles. The highest BCUT2D eigenvalue weighted by Crippen LogP contribution is 2.38. The predicted molar refractivity (Wildman–Crippen MR) is 47.6 cm³/mol. The largest absolute Gasteiger partial charge is 0.384 e. The zero-order valence-electron chi connectivity index (χ0n) is 8.02. The summed E-state index contributed by atoms with van der Waals surface area (Å²) in [7, 11) is 1.81. The van der Waals surface area contributed by atoms with E-state index in [1.807, 2.05) is 7.11 Å². The van der Waals surface area contributed by atoms with Crippen LogP contribution in [0.2, 0.25) is 0 Å². The molecule has 1 rings (SSSR count). The average Bonchev–Trinajstić information content (AvgIpc) is 1.97. The van der Waals surface area contributed by atoms with Crippen molar-refractivity contribution in [2.24, 2.45) is 11.3 Å². The summed E-state index contributed by atoms with van der Waals surface area (Å²) in [4.78, 5) is 0. The third kappa shape index (κ3) is 2.48. The van der Waals surface area contributed by atoms with Crippen molar-refractivity contribution in [2.45, 2.75) is 39.5 Å². The molecule has 0 aromatic heterocycles. The highest BCUT2D eigenvalue weighted by Gasteiger charge is 2.29. The molecule has 0 unspecified atom stereocenters. The SMILES string of the molecule is COC[C@]1(C)CC[C@H](C)CC1. The molecule has 66 valence electrons. The smallest absolute Gasteiger partial charge is 0.0515 e. The van der Waals surface area contributed by atoms with Crippen LogP contribution in [0.4, 0.5) is 0 Å². The molecule has 0 atom stereocenters. The molecule has 0 radical (unpaired) electrons. The molecule has 0 aromatic rings. The van der Waals surface area contributed by atoms with Crippen LogP contribution in [0.1, 0.15) is 39.5 Å². The minimum absolute atomic E-state index is 0.487. The van der Waals surface area contributed by atoms with Gasteiger partial charge in [0.25, 0.3) is 0 Å². The van der Waals surface area contributed by atoms with Crippen molar-refractivity contribution in [2.75, 3.05) is 13.7 Å². The molecule has 0 aliphatic heterocycles. The van der Waals surface area contributed by atoms with E-state index < -0.39 is 0 Å². The van der Waals surface area contributed by atoms with Gasteiger partial charge in [0.1, 0.15) is 0 Å². The molecule has 0 N–H and O–H groups in total. The third-order valence-electron chi connectivity index (χ3n) is 2.97. The Hall–Kier alpha value is -0.0400. The molecule has 0 aromatic carbocycles. The van der Waals surface area contributed by atoms with Crippen molar-refractivity contribution in [1.82, 2.24) is 0 Å². The maximum absolute atomic E-state index is 5.22. The van der Waals surface area contributed by atoms with Crippen LogP contribution in [-0.2, 0) is 4.74 Å². The second-order valence-corrected chi connectivity index (χ2v) is 4.43. The van der Waals surface area contributed by atoms with Gasteiger partial charge >= 0.3 is 0 Å². The van der Waals surface area contributed by atoms with Crippen LogP contribution in [0.5, 0.6) is 0 Å². The summed E-state index contributed by atoms with van der Waals surface area (Å²) >= 11 is 0. The zero-order chi connectivity index (χ0) is 8.32. The van der Waals surface area contributed by atoms with E-state index in [4.69, 9.17) is 4.74 Å². The Labute approximate surface area is 70.1 Å². The topological polar surface area (TPSA) is 9.23 Å². The summed E-state index contributed by atoms with van der Waals surface area (Å²) in [6.45, 7) is 5.65. The first-order valence-electron chi connectivity index (χ1n) is 4.65. The lowest BCUT2D eigenvalue weighted by Crippen LogP contribution is -2.27. The number of hydrogen-bond acceptors (Lipinski definition) is 1. The van der Waals surface area contributed by atoms with E-state index >= 15 is 0 Å². The zero-order valence-corrected chi connectivity index (χ0v) is 8.02. The highest BCUT2D eigenvalue weighted by molar-refractivity contribution is 4.80. The molecule has 1 fully saturated rings. The monoisotopic (exact) mass is 156 g/mol. The lowest BCUT2D eigenvalue weighted by Gasteiger charge is -2.35. The van der Waals surface area contributed by atoms with Gasteiger partial charge in [0, 0.05) is 7.11 Å². The van der Waals surface area contributed by atoms with E-state index in [0.717, 1.165) is 12.5 Å². The summed E-state index contributed by atoms with van der Waals surface area (Å²) in [5.41, 5.74) is 0.487. The van der Waals surface area contributed by atoms with Crippen molar-refractivity contribution in [1.29, 1.82) is 0 Å². The van der Waals surface area contributed by atoms with Crippen molar-refractivity contribution >= 4 is 0 Å². The van der Waals surface area contributed by atoms with Gasteiger partial charge in [-0.2, -0.15) is 0 Å². The summed E-state index contributed by atoms with van der Waals surface area (Å²) in [5.74, 6) is 0.944. The number of rotatable bonds is 2. The quantitative estimate of drug-likeness (QED) is 0.597. The Morgan fingerprint density at radius 1 is 1.36 bits per heavy atom. The fourth-order valence-electron chi connectivity index (χ4n) is 1.95. The number of hydrogen-bond donors (Lipinski definition) is 0. The lowest BCUT2D eigenvalue weighted by atomic mass is 9.73. The minimum atomic E-state index is 0.487. The van der Waals surface area contributed by atoms with Gasteiger partial charge < -0.3 is 4.74 Å². The van der Waals surface area contributed by atoms with Crippen molar-refractivity contribution in [3.05, 3.63) is 0 Å². The number of ether oxygens (including phenoxy) is 1. The van der Waals surface area contributed by atoms with Gasteiger partial charge in [0.05, 0.1) is 6.61 Å². The number of methoxy groups -OCH3 is 1. The Balaban J connectivity index is 2.35. The standard InChI is InChI=1S/C10H20O/c1-9-4-6-10(2,7-5-9)8-11-3/h9H,4-8H2,1-3H3/t9-,10+. The molecule has 0 bridgehead atoms. The minimum Gasteiger partial charge on any atom is -0.384 e. The van der Waals surface area contributed by atoms with E-state index in [1.165, 1.54) is 25.7 Å². The first-order chi connectivity index (χ1) is 5.16. The molecule has 0 spiro atoms. The van der Waals surface area contributed by atoms with Crippen molar-refractivity contribution < 1.29 is 4.74 Å². The van der Waals surface area contributed by atoms with Gasteiger partial charge in [-0.3, -0.25) is 0 Å². The fraction of sp³-hybridized carbons (Fsp3) is 1.00. The Morgan fingerprint density at radius 3 is 2.36 bits per heavy atom. The Bertz CT molecular complexity index is 112. The van der Waals surface area contributed by atoms with Crippen molar-refractivity contribution in [3.8, 4) is 0 Å². The second kappa shape index (κ2) is 3.57. The second-order valence-electron chi connectivity index (χ2n) is 4.43. The molecule has 11 heavy (non-hydrogen) atoms. The van der Waals surface area contributed by atoms with Crippen LogP contribution in [0, 0.1) is 11.3 Å². The van der Waals surface area contributed by atoms with Crippen LogP contribution in [0.15, 0.2) is 0 Å². The van der Waals surface area contributed by atoms with E-state index in [1.54, 1.807) is 0 Å². The van der Waals surface area contributed by atoms with E-state index in [0.29, 0.717) is 5.41 Å². The van der Waals surface area contributed by atoms with Gasteiger partial charge in [0.15, 0.2) is 0 Å². The van der Waals surface area contributed by atoms with Gasteiger partial charge in [-0.15, -0.1) is 0 Å². The van der Waals surface area contributed by atoms with Gasteiger partial charge in [0.2, 0.25) is 0 Å². The third-order valence-corrected chi connectivity index (χ3v) is 2.97. The molecule has 1 nitrogen and oxygen atoms in total. The molecular formula is C10H20O. The van der Waals surface area contributed by atoms with Crippen LogP contribution in [0.3, 0.4) is 0 Å². The van der Waals surface area contributed by atoms with E-state index in [9.17, 15) is 0 Å².